The smallest absolute Gasteiger partial charge is 0.360 e. The van der Waals surface area contributed by atoms with E-state index in [1.807, 2.05) is 16.3 Å². The van der Waals surface area contributed by atoms with Crippen molar-refractivity contribution in [2.75, 3.05) is 23.8 Å². The summed E-state index contributed by atoms with van der Waals surface area (Å²) < 4.78 is 6.82. The molecule has 2 rings (SSSR count). The molecule has 1 fully saturated rings. The van der Waals surface area contributed by atoms with Crippen LogP contribution < -0.4 is 5.73 Å². The van der Waals surface area contributed by atoms with Crippen molar-refractivity contribution in [3.8, 4) is 0 Å². The van der Waals surface area contributed by atoms with Crippen molar-refractivity contribution in [3.05, 3.63) is 12.0 Å². The fraction of sp³-hybridized carbons (Fsp3) is 0.636. The molecule has 0 spiro atoms. The molecular formula is C11H17N3O2S. The van der Waals surface area contributed by atoms with Gasteiger partial charge in [0.1, 0.15) is 5.82 Å². The van der Waals surface area contributed by atoms with E-state index in [-0.39, 0.29) is 5.69 Å². The largest absolute Gasteiger partial charge is 0.461 e. The Kier molecular flexibility index (Phi) is 3.93. The molecule has 0 bridgehead atoms. The van der Waals surface area contributed by atoms with Crippen LogP contribution in [-0.2, 0) is 4.74 Å². The van der Waals surface area contributed by atoms with E-state index in [0.717, 1.165) is 24.3 Å². The van der Waals surface area contributed by atoms with Gasteiger partial charge >= 0.3 is 5.97 Å². The van der Waals surface area contributed by atoms with Gasteiger partial charge in [-0.25, -0.2) is 9.78 Å². The van der Waals surface area contributed by atoms with Crippen LogP contribution in [0.15, 0.2) is 6.33 Å². The Bertz CT molecular complexity index is 399. The molecule has 0 unspecified atom stereocenters. The van der Waals surface area contributed by atoms with Crippen molar-refractivity contribution in [1.82, 2.24) is 9.55 Å². The van der Waals surface area contributed by atoms with E-state index in [4.69, 9.17) is 10.5 Å². The number of ether oxygens (including phenoxy) is 1. The second-order valence-electron chi connectivity index (χ2n) is 3.95. The molecule has 0 aliphatic carbocycles. The van der Waals surface area contributed by atoms with Crippen LogP contribution >= 0.6 is 11.8 Å². The average molecular weight is 255 g/mol. The lowest BCUT2D eigenvalue weighted by atomic mass is 10.1. The maximum Gasteiger partial charge on any atom is 0.360 e. The number of nitrogens with two attached hydrogens (primary N) is 1. The van der Waals surface area contributed by atoms with Crippen LogP contribution in [0.2, 0.25) is 0 Å². The number of aromatic nitrogens is 2. The predicted molar refractivity (Wildman–Crippen MR) is 68.2 cm³/mol. The third kappa shape index (κ3) is 2.57. The van der Waals surface area contributed by atoms with Gasteiger partial charge in [-0.3, -0.25) is 0 Å². The van der Waals surface area contributed by atoms with E-state index in [1.165, 1.54) is 0 Å². The van der Waals surface area contributed by atoms with Gasteiger partial charge in [0, 0.05) is 6.04 Å². The number of nitrogen functional groups attached to an aromatic ring is 1. The van der Waals surface area contributed by atoms with Crippen LogP contribution in [0.3, 0.4) is 0 Å². The Balaban J connectivity index is 2.16. The first kappa shape index (κ1) is 12.3. The molecular weight excluding hydrogens is 238 g/mol. The standard InChI is InChI=1S/C11H17N3O2S/c1-2-16-11(15)9-10(12)14(7-13-9)8-3-5-17-6-4-8/h7-8H,2-6,12H2,1H3. The number of rotatable bonds is 3. The highest BCUT2D eigenvalue weighted by atomic mass is 32.2. The van der Waals surface area contributed by atoms with E-state index < -0.39 is 5.97 Å². The van der Waals surface area contributed by atoms with Gasteiger partial charge in [-0.15, -0.1) is 0 Å². The van der Waals surface area contributed by atoms with Crippen LogP contribution in [0.1, 0.15) is 36.3 Å². The fourth-order valence-electron chi connectivity index (χ4n) is 1.98. The van der Waals surface area contributed by atoms with Crippen LogP contribution in [0.25, 0.3) is 0 Å². The van der Waals surface area contributed by atoms with Crippen LogP contribution in [0, 0.1) is 0 Å². The molecule has 0 aromatic carbocycles. The fourth-order valence-corrected chi connectivity index (χ4v) is 3.06. The first-order chi connectivity index (χ1) is 8.24. The van der Waals surface area contributed by atoms with Crippen molar-refractivity contribution in [1.29, 1.82) is 0 Å². The van der Waals surface area contributed by atoms with Crippen molar-refractivity contribution < 1.29 is 9.53 Å². The highest BCUT2D eigenvalue weighted by Gasteiger charge is 2.22. The van der Waals surface area contributed by atoms with Gasteiger partial charge in [0.25, 0.3) is 0 Å². The molecule has 0 amide bonds. The molecule has 6 heteroatoms. The number of anilines is 1. The number of nitrogens with zero attached hydrogens (tertiary/aromatic N) is 2. The monoisotopic (exact) mass is 255 g/mol. The van der Waals surface area contributed by atoms with Crippen molar-refractivity contribution >= 4 is 23.5 Å². The van der Waals surface area contributed by atoms with E-state index in [2.05, 4.69) is 4.98 Å². The summed E-state index contributed by atoms with van der Waals surface area (Å²) >= 11 is 1.95. The van der Waals surface area contributed by atoms with Gasteiger partial charge in [0.15, 0.2) is 5.69 Å². The molecule has 2 N–H and O–H groups in total. The molecule has 1 aromatic heterocycles. The number of esters is 1. The summed E-state index contributed by atoms with van der Waals surface area (Å²) in [5.74, 6) is 2.27. The zero-order valence-corrected chi connectivity index (χ0v) is 10.7. The third-order valence-electron chi connectivity index (χ3n) is 2.89. The second-order valence-corrected chi connectivity index (χ2v) is 5.17. The Morgan fingerprint density at radius 3 is 3.00 bits per heavy atom. The molecule has 0 radical (unpaired) electrons. The summed E-state index contributed by atoms with van der Waals surface area (Å²) in [5, 5.41) is 0. The Hall–Kier alpha value is -1.17. The molecule has 94 valence electrons. The summed E-state index contributed by atoms with van der Waals surface area (Å²) in [7, 11) is 0. The number of hydrogen-bond acceptors (Lipinski definition) is 5. The maximum absolute atomic E-state index is 11.6. The SMILES string of the molecule is CCOC(=O)c1ncn(C2CCSCC2)c1N. The van der Waals surface area contributed by atoms with Gasteiger partial charge in [-0.05, 0) is 31.3 Å². The molecule has 0 saturated carbocycles. The first-order valence-electron chi connectivity index (χ1n) is 5.81. The molecule has 0 atom stereocenters. The summed E-state index contributed by atoms with van der Waals surface area (Å²) in [4.78, 5) is 15.6. The lowest BCUT2D eigenvalue weighted by Gasteiger charge is -2.23. The number of hydrogen-bond donors (Lipinski definition) is 1. The topological polar surface area (TPSA) is 70.1 Å². The zero-order valence-electron chi connectivity index (χ0n) is 9.89. The van der Waals surface area contributed by atoms with Crippen LogP contribution in [-0.4, -0.2) is 33.6 Å². The summed E-state index contributed by atoms with van der Waals surface area (Å²) in [6.45, 7) is 2.11. The van der Waals surface area contributed by atoms with Crippen LogP contribution in [0.4, 0.5) is 5.82 Å². The first-order valence-corrected chi connectivity index (χ1v) is 6.96. The molecule has 5 nitrogen and oxygen atoms in total. The van der Waals surface area contributed by atoms with Crippen molar-refractivity contribution in [2.24, 2.45) is 0 Å². The molecule has 2 heterocycles. The summed E-state index contributed by atoms with van der Waals surface area (Å²) in [5.41, 5.74) is 6.20. The second kappa shape index (κ2) is 5.44. The highest BCUT2D eigenvalue weighted by Crippen LogP contribution is 2.29. The van der Waals surface area contributed by atoms with Crippen molar-refractivity contribution in [2.45, 2.75) is 25.8 Å². The Morgan fingerprint density at radius 2 is 2.35 bits per heavy atom. The summed E-state index contributed by atoms with van der Waals surface area (Å²) in [6.07, 6.45) is 3.81. The maximum atomic E-state index is 11.6. The lowest BCUT2D eigenvalue weighted by molar-refractivity contribution is 0.0521. The molecule has 1 saturated heterocycles. The van der Waals surface area contributed by atoms with Crippen LogP contribution in [0.5, 0.6) is 0 Å². The highest BCUT2D eigenvalue weighted by molar-refractivity contribution is 7.99. The minimum atomic E-state index is -0.436. The minimum absolute atomic E-state index is 0.241. The molecule has 1 aliphatic heterocycles. The number of thioether (sulfide) groups is 1. The normalized spacial score (nSPS) is 17.0. The van der Waals surface area contributed by atoms with Gasteiger partial charge in [-0.1, -0.05) is 0 Å². The summed E-state index contributed by atoms with van der Waals surface area (Å²) in [6, 6.07) is 0.368. The Morgan fingerprint density at radius 1 is 1.65 bits per heavy atom. The van der Waals surface area contributed by atoms with E-state index in [9.17, 15) is 4.79 Å². The molecule has 1 aliphatic rings. The number of carbonyl (C=O) groups is 1. The van der Waals surface area contributed by atoms with Gasteiger partial charge < -0.3 is 15.0 Å². The molecule has 1 aromatic rings. The van der Waals surface area contributed by atoms with Gasteiger partial charge in [0.05, 0.1) is 12.9 Å². The molecule has 17 heavy (non-hydrogen) atoms. The number of carbonyl (C=O) groups excluding carboxylic acids is 1. The van der Waals surface area contributed by atoms with Crippen molar-refractivity contribution in [3.63, 3.8) is 0 Å². The Labute approximate surface area is 105 Å². The predicted octanol–water partition coefficient (Wildman–Crippen LogP) is 1.71. The van der Waals surface area contributed by atoms with E-state index >= 15 is 0 Å². The van der Waals surface area contributed by atoms with Gasteiger partial charge in [0.2, 0.25) is 0 Å². The van der Waals surface area contributed by atoms with E-state index in [1.54, 1.807) is 13.3 Å². The van der Waals surface area contributed by atoms with E-state index in [0.29, 0.717) is 18.5 Å². The lowest BCUT2D eigenvalue weighted by Crippen LogP contribution is -2.17. The number of imidazole rings is 1. The quantitative estimate of drug-likeness (QED) is 0.833. The average Bonchev–Trinajstić information content (AvgIpc) is 2.72. The van der Waals surface area contributed by atoms with Gasteiger partial charge in [-0.2, -0.15) is 11.8 Å². The zero-order chi connectivity index (χ0) is 12.3. The minimum Gasteiger partial charge on any atom is -0.461 e. The third-order valence-corrected chi connectivity index (χ3v) is 3.93.